The molecule has 2 saturated heterocycles. The largest absolute Gasteiger partial charge is 0.497 e. The number of anilines is 1. The average Bonchev–Trinajstić information content (AvgIpc) is 4.21. The van der Waals surface area contributed by atoms with E-state index in [-0.39, 0.29) is 30.1 Å². The lowest BCUT2D eigenvalue weighted by Crippen LogP contribution is -2.41. The van der Waals surface area contributed by atoms with Gasteiger partial charge in [-0.2, -0.15) is 0 Å². The van der Waals surface area contributed by atoms with E-state index in [0.717, 1.165) is 42.6 Å². The molecule has 0 aliphatic carbocycles. The first kappa shape index (κ1) is 51.2. The van der Waals surface area contributed by atoms with Crippen molar-refractivity contribution >= 4 is 58.6 Å². The SMILES string of the molecule is COCCO[C@H]1C(OP(SCCSC(=O)c2ccccc2)N2CCCC2)[C@@H](COC(c2ccccc2)(c2ccc(OC)cc2)c2ccc(OC)cc2)O[C@H]1n1cnc2c(NC(=O)c3ccccc3)ncnc21. The number of ether oxygens (including phenoxy) is 6. The Labute approximate surface area is 428 Å². The number of thioether (sulfide) groups is 1. The molecule has 0 radical (unpaired) electrons. The predicted octanol–water partition coefficient (Wildman–Crippen LogP) is 10.0. The maximum atomic E-state index is 13.4. The van der Waals surface area contributed by atoms with Gasteiger partial charge >= 0.3 is 0 Å². The van der Waals surface area contributed by atoms with Crippen molar-refractivity contribution in [3.63, 3.8) is 0 Å². The molecule has 374 valence electrons. The molecule has 2 aromatic heterocycles. The van der Waals surface area contributed by atoms with Gasteiger partial charge in [0.1, 0.15) is 41.7 Å². The highest BCUT2D eigenvalue weighted by atomic mass is 32.7. The molecule has 9 rings (SSSR count). The topological polar surface area (TPSA) is 158 Å². The van der Waals surface area contributed by atoms with Crippen LogP contribution in [0.25, 0.3) is 11.2 Å². The van der Waals surface area contributed by atoms with Crippen LogP contribution in [0.3, 0.4) is 0 Å². The fourth-order valence-electron chi connectivity index (χ4n) is 8.87. The van der Waals surface area contributed by atoms with E-state index in [0.29, 0.717) is 51.9 Å². The fourth-order valence-corrected chi connectivity index (χ4v) is 14.2. The summed E-state index contributed by atoms with van der Waals surface area (Å²) in [6, 6.07) is 44.2. The van der Waals surface area contributed by atoms with Crippen LogP contribution in [0.2, 0.25) is 0 Å². The smallest absolute Gasteiger partial charge is 0.256 e. The van der Waals surface area contributed by atoms with E-state index >= 15 is 0 Å². The number of rotatable bonds is 23. The van der Waals surface area contributed by atoms with Gasteiger partial charge in [0, 0.05) is 42.8 Å². The fraction of sp³-hybridized carbons (Fsp3) is 0.315. The van der Waals surface area contributed by atoms with Gasteiger partial charge in [0.25, 0.3) is 5.91 Å². The van der Waals surface area contributed by atoms with Gasteiger partial charge in [-0.3, -0.25) is 18.8 Å². The molecule has 5 aromatic carbocycles. The van der Waals surface area contributed by atoms with E-state index in [2.05, 4.69) is 27.1 Å². The normalized spacial score (nSPS) is 18.5. The van der Waals surface area contributed by atoms with Crippen molar-refractivity contribution in [1.29, 1.82) is 0 Å². The number of hydrogen-bond donors (Lipinski definition) is 1. The molecule has 2 aliphatic rings. The molecular weight excluding hydrogens is 972 g/mol. The van der Waals surface area contributed by atoms with Gasteiger partial charge < -0.3 is 38.3 Å². The first-order chi connectivity index (χ1) is 35.4. The van der Waals surface area contributed by atoms with Gasteiger partial charge in [0.15, 0.2) is 30.7 Å². The Balaban J connectivity index is 1.10. The summed E-state index contributed by atoms with van der Waals surface area (Å²) in [4.78, 5) is 40.5. The van der Waals surface area contributed by atoms with Gasteiger partial charge in [-0.15, -0.1) is 0 Å². The highest BCUT2D eigenvalue weighted by Crippen LogP contribution is 2.58. The number of hydrogen-bond acceptors (Lipinski definition) is 15. The Kier molecular flexibility index (Phi) is 17.6. The van der Waals surface area contributed by atoms with E-state index in [4.69, 9.17) is 42.9 Å². The third-order valence-electron chi connectivity index (χ3n) is 12.5. The number of nitrogens with one attached hydrogen (secondary N) is 1. The van der Waals surface area contributed by atoms with Crippen molar-refractivity contribution in [3.8, 4) is 11.5 Å². The number of nitrogens with zero attached hydrogens (tertiary/aromatic N) is 5. The molecule has 7 aromatic rings. The number of fused-ring (bicyclic) bond motifs is 1. The molecule has 4 heterocycles. The number of amides is 1. The van der Waals surface area contributed by atoms with Crippen LogP contribution in [0.15, 0.2) is 152 Å². The summed E-state index contributed by atoms with van der Waals surface area (Å²) in [5, 5.41) is 2.96. The Morgan fingerprint density at radius 3 is 1.96 bits per heavy atom. The molecule has 2 fully saturated rings. The summed E-state index contributed by atoms with van der Waals surface area (Å²) >= 11 is 3.03. The van der Waals surface area contributed by atoms with E-state index in [1.165, 1.54) is 18.1 Å². The molecule has 15 nitrogen and oxygen atoms in total. The summed E-state index contributed by atoms with van der Waals surface area (Å²) in [5.41, 5.74) is 3.39. The first-order valence-corrected chi connectivity index (χ1v) is 27.5. The molecular formula is C54H57N6O9PS2. The standard InChI is InChI=1S/C54H57N6O9PS2/c1-63-31-32-66-48-47(69-70(59-29-13-14-30-59)72-34-33-71-53(62)39-17-9-5-10-18-39)45(68-52(48)60-37-57-46-49(55-36-56-50(46)60)58-51(61)38-15-7-4-8-16-38)35-67-54(40-19-11-6-12-20-40,41-21-25-43(64-2)26-22-41)42-23-27-44(65-3)28-24-42/h4-12,15-28,36-37,45,47-48,52H,13-14,29-35H2,1-3H3,(H,55,56,58,61)/t45-,47?,48+,52-,70?/m1/s1. The zero-order valence-electron chi connectivity index (χ0n) is 40.3. The van der Waals surface area contributed by atoms with E-state index in [1.807, 2.05) is 108 Å². The monoisotopic (exact) mass is 1030 g/mol. The molecule has 0 spiro atoms. The van der Waals surface area contributed by atoms with Crippen LogP contribution in [0.1, 0.15) is 56.5 Å². The maximum absolute atomic E-state index is 13.4. The van der Waals surface area contributed by atoms with Gasteiger partial charge in [0.2, 0.25) is 5.12 Å². The molecule has 2 unspecified atom stereocenters. The number of carbonyl (C=O) groups is 2. The maximum Gasteiger partial charge on any atom is 0.256 e. The summed E-state index contributed by atoms with van der Waals surface area (Å²) in [7, 11) is 3.62. The molecule has 1 amide bonds. The first-order valence-electron chi connectivity index (χ1n) is 23.8. The van der Waals surface area contributed by atoms with Crippen LogP contribution < -0.4 is 14.8 Å². The van der Waals surface area contributed by atoms with Crippen LogP contribution in [0.4, 0.5) is 5.82 Å². The van der Waals surface area contributed by atoms with E-state index in [9.17, 15) is 9.59 Å². The minimum Gasteiger partial charge on any atom is -0.497 e. The molecule has 18 heteroatoms. The Hall–Kier alpha value is -5.72. The van der Waals surface area contributed by atoms with Crippen LogP contribution >= 0.6 is 30.6 Å². The molecule has 5 atom stereocenters. The molecule has 0 bridgehead atoms. The van der Waals surface area contributed by atoms with Gasteiger partial charge in [-0.05, 0) is 65.9 Å². The molecule has 0 saturated carbocycles. The van der Waals surface area contributed by atoms with E-state index < -0.39 is 37.6 Å². The van der Waals surface area contributed by atoms with Crippen molar-refractivity contribution < 1.29 is 42.5 Å². The lowest BCUT2D eigenvalue weighted by molar-refractivity contribution is -0.0964. The van der Waals surface area contributed by atoms with Crippen LogP contribution in [0.5, 0.6) is 11.5 Å². The van der Waals surface area contributed by atoms with Crippen molar-refractivity contribution in [2.45, 2.75) is 43.0 Å². The minimum atomic E-state index is -1.31. The quantitative estimate of drug-likeness (QED) is 0.0366. The number of aromatic nitrogens is 4. The van der Waals surface area contributed by atoms with E-state index in [1.54, 1.807) is 63.3 Å². The Bertz CT molecular complexity index is 2780. The molecule has 2 aliphatic heterocycles. The van der Waals surface area contributed by atoms with Gasteiger partial charge in [-0.25, -0.2) is 15.0 Å². The number of carbonyl (C=O) groups excluding carboxylic acids is 2. The lowest BCUT2D eigenvalue weighted by atomic mass is 9.80. The number of methoxy groups -OCH3 is 3. The van der Waals surface area contributed by atoms with Crippen LogP contribution in [0, 0.1) is 0 Å². The Morgan fingerprint density at radius 2 is 1.33 bits per heavy atom. The lowest BCUT2D eigenvalue weighted by Gasteiger charge is -2.38. The summed E-state index contributed by atoms with van der Waals surface area (Å²) in [6.45, 7) is 2.32. The highest BCUT2D eigenvalue weighted by molar-refractivity contribution is 8.53. The van der Waals surface area contributed by atoms with Crippen LogP contribution in [-0.4, -0.2) is 119 Å². The minimum absolute atomic E-state index is 0.0352. The molecule has 1 N–H and O–H groups in total. The van der Waals surface area contributed by atoms with Crippen molar-refractivity contribution in [3.05, 3.63) is 180 Å². The second kappa shape index (κ2) is 24.8. The molecule has 72 heavy (non-hydrogen) atoms. The third-order valence-corrected chi connectivity index (χ3v) is 17.7. The third kappa shape index (κ3) is 11.7. The Morgan fingerprint density at radius 1 is 0.722 bits per heavy atom. The zero-order valence-corrected chi connectivity index (χ0v) is 42.8. The second-order valence-corrected chi connectivity index (χ2v) is 21.6. The predicted molar refractivity (Wildman–Crippen MR) is 282 cm³/mol. The average molecular weight is 1030 g/mol. The summed E-state index contributed by atoms with van der Waals surface area (Å²) < 4.78 is 50.1. The van der Waals surface area contributed by atoms with Gasteiger partial charge in [0.05, 0.1) is 40.4 Å². The highest BCUT2D eigenvalue weighted by Gasteiger charge is 2.51. The van der Waals surface area contributed by atoms with Crippen molar-refractivity contribution in [2.75, 3.05) is 71.1 Å². The number of imidazole rings is 1. The number of benzene rings is 5. The summed E-state index contributed by atoms with van der Waals surface area (Å²) in [6.07, 6.45) is 2.10. The van der Waals surface area contributed by atoms with Crippen molar-refractivity contribution in [1.82, 2.24) is 24.2 Å². The zero-order chi connectivity index (χ0) is 49.7. The summed E-state index contributed by atoms with van der Waals surface area (Å²) in [5.74, 6) is 2.60. The van der Waals surface area contributed by atoms with Crippen LogP contribution in [-0.2, 0) is 29.1 Å². The van der Waals surface area contributed by atoms with Gasteiger partial charge in [-0.1, -0.05) is 126 Å². The second-order valence-electron chi connectivity index (χ2n) is 16.9. The van der Waals surface area contributed by atoms with Crippen molar-refractivity contribution in [2.24, 2.45) is 0 Å².